The summed E-state index contributed by atoms with van der Waals surface area (Å²) in [6.07, 6.45) is 77.8. The molecule has 0 aromatic carbocycles. The van der Waals surface area contributed by atoms with Gasteiger partial charge in [-0.15, -0.1) is 0 Å². The molecule has 0 heterocycles. The average molecular weight is 956 g/mol. The van der Waals surface area contributed by atoms with Gasteiger partial charge in [-0.05, 0) is 109 Å². The summed E-state index contributed by atoms with van der Waals surface area (Å²) in [5.74, 6) is -0.936. The van der Waals surface area contributed by atoms with Gasteiger partial charge in [-0.1, -0.05) is 232 Å². The molecule has 6 nitrogen and oxygen atoms in total. The van der Waals surface area contributed by atoms with Crippen molar-refractivity contribution >= 4 is 17.9 Å². The largest absolute Gasteiger partial charge is 0.462 e. The van der Waals surface area contributed by atoms with Crippen molar-refractivity contribution in [1.29, 1.82) is 0 Å². The summed E-state index contributed by atoms with van der Waals surface area (Å²) in [5, 5.41) is 0. The Labute approximate surface area is 424 Å². The van der Waals surface area contributed by atoms with Crippen LogP contribution in [0.2, 0.25) is 0 Å². The normalized spacial score (nSPS) is 13.0. The highest BCUT2D eigenvalue weighted by Crippen LogP contribution is 2.14. The van der Waals surface area contributed by atoms with E-state index in [9.17, 15) is 14.4 Å². The van der Waals surface area contributed by atoms with Gasteiger partial charge in [0, 0.05) is 19.3 Å². The molecule has 0 saturated heterocycles. The molecule has 0 amide bonds. The van der Waals surface area contributed by atoms with Crippen molar-refractivity contribution in [3.05, 3.63) is 122 Å². The van der Waals surface area contributed by atoms with E-state index < -0.39 is 6.10 Å². The Balaban J connectivity index is 4.25. The van der Waals surface area contributed by atoms with Crippen molar-refractivity contribution in [2.45, 2.75) is 245 Å². The van der Waals surface area contributed by atoms with E-state index in [1.807, 2.05) is 0 Å². The van der Waals surface area contributed by atoms with Crippen LogP contribution in [0.1, 0.15) is 239 Å². The monoisotopic (exact) mass is 955 g/mol. The molecular weight excluding hydrogens is 853 g/mol. The molecule has 0 aliphatic carbocycles. The van der Waals surface area contributed by atoms with E-state index in [0.717, 1.165) is 141 Å². The van der Waals surface area contributed by atoms with Gasteiger partial charge in [0.25, 0.3) is 0 Å². The van der Waals surface area contributed by atoms with Crippen LogP contribution in [0.15, 0.2) is 122 Å². The van der Waals surface area contributed by atoms with Crippen molar-refractivity contribution in [3.63, 3.8) is 0 Å². The van der Waals surface area contributed by atoms with Crippen molar-refractivity contribution in [1.82, 2.24) is 0 Å². The van der Waals surface area contributed by atoms with Crippen molar-refractivity contribution in [3.8, 4) is 0 Å². The molecule has 0 N–H and O–H groups in total. The standard InChI is InChI=1S/C63H102O6/c1-4-7-10-13-16-18-20-22-24-26-27-28-29-30-31-32-33-34-35-37-38-40-42-44-47-50-53-56-62(65)68-59-60(58-67-61(64)55-52-49-46-15-12-9-6-3)69-63(66)57-54-51-48-45-43-41-39-36-25-23-21-19-17-14-11-8-5-2/h7-8,10-11,16-19,22-25,27-28,30-31,33-34,39,41,60H,4-6,9,12-15,20-21,26,29,32,35-38,40,42-59H2,1-3H3/b10-7-,11-8-,18-16-,19-17-,24-22-,25-23-,28-27-,31-30-,34-33-,41-39-. The van der Waals surface area contributed by atoms with Crippen LogP contribution in [0, 0.1) is 0 Å². The summed E-state index contributed by atoms with van der Waals surface area (Å²) in [6.45, 7) is 6.33. The Morgan fingerprint density at radius 3 is 0.884 bits per heavy atom. The van der Waals surface area contributed by atoms with Crippen LogP contribution < -0.4 is 0 Å². The van der Waals surface area contributed by atoms with E-state index in [2.05, 4.69) is 142 Å². The molecule has 69 heavy (non-hydrogen) atoms. The van der Waals surface area contributed by atoms with Gasteiger partial charge in [0.2, 0.25) is 0 Å². The molecule has 0 spiro atoms. The molecule has 0 bridgehead atoms. The summed E-state index contributed by atoms with van der Waals surface area (Å²) < 4.78 is 16.7. The van der Waals surface area contributed by atoms with Crippen LogP contribution in [0.25, 0.3) is 0 Å². The van der Waals surface area contributed by atoms with Crippen LogP contribution in [-0.2, 0) is 28.6 Å². The Kier molecular flexibility index (Phi) is 53.0. The number of hydrogen-bond acceptors (Lipinski definition) is 6. The molecule has 0 saturated carbocycles. The van der Waals surface area contributed by atoms with Gasteiger partial charge in [-0.2, -0.15) is 0 Å². The lowest BCUT2D eigenvalue weighted by Crippen LogP contribution is -2.30. The first-order valence-electron chi connectivity index (χ1n) is 28.0. The Hall–Kier alpha value is -4.19. The van der Waals surface area contributed by atoms with E-state index in [0.29, 0.717) is 19.3 Å². The minimum absolute atomic E-state index is 0.0926. The van der Waals surface area contributed by atoms with Crippen molar-refractivity contribution in [2.75, 3.05) is 13.2 Å². The zero-order valence-corrected chi connectivity index (χ0v) is 44.5. The van der Waals surface area contributed by atoms with Crippen LogP contribution in [0.5, 0.6) is 0 Å². The van der Waals surface area contributed by atoms with Crippen molar-refractivity contribution < 1.29 is 28.6 Å². The molecule has 6 heteroatoms. The topological polar surface area (TPSA) is 78.9 Å². The Morgan fingerprint density at radius 1 is 0.304 bits per heavy atom. The summed E-state index contributed by atoms with van der Waals surface area (Å²) in [6, 6.07) is 0. The molecule has 1 unspecified atom stereocenters. The van der Waals surface area contributed by atoms with Crippen LogP contribution in [0.4, 0.5) is 0 Å². The second-order valence-corrected chi connectivity index (χ2v) is 18.1. The molecule has 0 aliphatic rings. The molecule has 1 atom stereocenters. The summed E-state index contributed by atoms with van der Waals surface area (Å²) >= 11 is 0. The maximum Gasteiger partial charge on any atom is 0.306 e. The van der Waals surface area contributed by atoms with Crippen LogP contribution >= 0.6 is 0 Å². The second-order valence-electron chi connectivity index (χ2n) is 18.1. The maximum atomic E-state index is 12.8. The van der Waals surface area contributed by atoms with Gasteiger partial charge in [0.1, 0.15) is 13.2 Å². The first-order valence-corrected chi connectivity index (χ1v) is 28.0. The third-order valence-corrected chi connectivity index (χ3v) is 11.5. The van der Waals surface area contributed by atoms with Gasteiger partial charge in [0.15, 0.2) is 6.10 Å². The average Bonchev–Trinajstić information content (AvgIpc) is 3.35. The van der Waals surface area contributed by atoms with Crippen LogP contribution in [0.3, 0.4) is 0 Å². The number of esters is 3. The minimum atomic E-state index is -0.794. The zero-order chi connectivity index (χ0) is 50.0. The Morgan fingerprint density at radius 2 is 0.565 bits per heavy atom. The number of unbranched alkanes of at least 4 members (excludes halogenated alkanes) is 18. The number of allylic oxidation sites excluding steroid dienone is 20. The molecule has 390 valence electrons. The number of carbonyl (C=O) groups is 3. The maximum absolute atomic E-state index is 12.8. The van der Waals surface area contributed by atoms with Gasteiger partial charge in [-0.25, -0.2) is 0 Å². The van der Waals surface area contributed by atoms with Crippen LogP contribution in [-0.4, -0.2) is 37.2 Å². The number of ether oxygens (including phenoxy) is 3. The smallest absolute Gasteiger partial charge is 0.306 e. The minimum Gasteiger partial charge on any atom is -0.462 e. The SMILES string of the molecule is CC/C=C\C/C=C\C/C=C\C/C=C\C/C=C\C/C=C\CCCCCCCCCCC(=O)OCC(COC(=O)CCCCCCCCC)OC(=O)CCCCCC/C=C\C/C=C\C/C=C\C/C=C\CC. The third kappa shape index (κ3) is 54.6. The summed E-state index contributed by atoms with van der Waals surface area (Å²) in [7, 11) is 0. The van der Waals surface area contributed by atoms with Gasteiger partial charge in [0.05, 0.1) is 0 Å². The molecule has 0 radical (unpaired) electrons. The lowest BCUT2D eigenvalue weighted by Gasteiger charge is -2.18. The molecule has 0 aliphatic heterocycles. The highest BCUT2D eigenvalue weighted by atomic mass is 16.6. The van der Waals surface area contributed by atoms with E-state index in [1.165, 1.54) is 57.8 Å². The summed E-state index contributed by atoms with van der Waals surface area (Å²) in [4.78, 5) is 37.9. The fourth-order valence-corrected chi connectivity index (χ4v) is 7.32. The fourth-order valence-electron chi connectivity index (χ4n) is 7.32. The fraction of sp³-hybridized carbons (Fsp3) is 0.635. The molecule has 0 rings (SSSR count). The molecule has 0 aromatic heterocycles. The molecule has 0 fully saturated rings. The summed E-state index contributed by atoms with van der Waals surface area (Å²) in [5.41, 5.74) is 0. The highest BCUT2D eigenvalue weighted by Gasteiger charge is 2.19. The van der Waals surface area contributed by atoms with E-state index in [4.69, 9.17) is 14.2 Å². The van der Waals surface area contributed by atoms with Gasteiger partial charge >= 0.3 is 17.9 Å². The molecule has 0 aromatic rings. The predicted octanol–water partition coefficient (Wildman–Crippen LogP) is 18.9. The lowest BCUT2D eigenvalue weighted by atomic mass is 10.1. The predicted molar refractivity (Wildman–Crippen MR) is 297 cm³/mol. The van der Waals surface area contributed by atoms with E-state index in [-0.39, 0.29) is 31.1 Å². The first-order chi connectivity index (χ1) is 34.0. The Bertz CT molecular complexity index is 1470. The quantitative estimate of drug-likeness (QED) is 0.0262. The highest BCUT2D eigenvalue weighted by molar-refractivity contribution is 5.71. The van der Waals surface area contributed by atoms with Gasteiger partial charge in [-0.3, -0.25) is 14.4 Å². The van der Waals surface area contributed by atoms with E-state index in [1.54, 1.807) is 0 Å². The lowest BCUT2D eigenvalue weighted by molar-refractivity contribution is -0.167. The van der Waals surface area contributed by atoms with Crippen molar-refractivity contribution in [2.24, 2.45) is 0 Å². The van der Waals surface area contributed by atoms with E-state index >= 15 is 0 Å². The first kappa shape index (κ1) is 64.8. The number of carbonyl (C=O) groups excluding carboxylic acids is 3. The second kappa shape index (κ2) is 56.4. The molecular formula is C63H102O6. The zero-order valence-electron chi connectivity index (χ0n) is 44.5. The third-order valence-electron chi connectivity index (χ3n) is 11.5. The number of rotatable bonds is 49. The van der Waals surface area contributed by atoms with Gasteiger partial charge < -0.3 is 14.2 Å². The number of hydrogen-bond donors (Lipinski definition) is 0.